The fourth-order valence-electron chi connectivity index (χ4n) is 2.73. The van der Waals surface area contributed by atoms with Crippen LogP contribution in [0.2, 0.25) is 0 Å². The highest BCUT2D eigenvalue weighted by Gasteiger charge is 2.42. The van der Waals surface area contributed by atoms with Gasteiger partial charge in [-0.25, -0.2) is 0 Å². The molecule has 1 atom stereocenters. The van der Waals surface area contributed by atoms with Crippen molar-refractivity contribution in [1.82, 2.24) is 10.2 Å². The maximum Gasteiger partial charge on any atom is 0.0226 e. The fraction of sp³-hybridized carbons (Fsp3) is 1.00. The Labute approximate surface area is 80.7 Å². The predicted molar refractivity (Wildman–Crippen MR) is 53.8 cm³/mol. The van der Waals surface area contributed by atoms with Crippen LogP contribution in [0, 0.1) is 0 Å². The van der Waals surface area contributed by atoms with Crippen LogP contribution in [0.25, 0.3) is 0 Å². The zero-order valence-corrected chi connectivity index (χ0v) is 8.34. The second-order valence-electron chi connectivity index (χ2n) is 4.91. The number of hydrogen-bond donors (Lipinski definition) is 1. The molecule has 74 valence electrons. The highest BCUT2D eigenvalue weighted by molar-refractivity contribution is 4.99. The molecule has 0 aromatic heterocycles. The maximum atomic E-state index is 3.54. The van der Waals surface area contributed by atoms with Crippen molar-refractivity contribution >= 4 is 0 Å². The van der Waals surface area contributed by atoms with E-state index in [9.17, 15) is 0 Å². The topological polar surface area (TPSA) is 15.3 Å². The van der Waals surface area contributed by atoms with E-state index in [1.165, 1.54) is 51.6 Å². The first-order chi connectivity index (χ1) is 6.45. The third-order valence-electron chi connectivity index (χ3n) is 3.63. The molecule has 1 aliphatic heterocycles. The van der Waals surface area contributed by atoms with E-state index in [-0.39, 0.29) is 0 Å². The molecule has 3 fully saturated rings. The van der Waals surface area contributed by atoms with Crippen LogP contribution >= 0.6 is 0 Å². The molecule has 2 heteroatoms. The Hall–Kier alpha value is -0.0800. The van der Waals surface area contributed by atoms with Crippen LogP contribution in [0.4, 0.5) is 0 Å². The third-order valence-corrected chi connectivity index (χ3v) is 3.63. The Morgan fingerprint density at radius 3 is 2.00 bits per heavy atom. The highest BCUT2D eigenvalue weighted by atomic mass is 15.3. The number of piperidine rings is 1. The van der Waals surface area contributed by atoms with Crippen molar-refractivity contribution < 1.29 is 0 Å². The molecule has 2 aliphatic carbocycles. The molecule has 1 saturated heterocycles. The molecule has 1 N–H and O–H groups in total. The molecule has 0 unspecified atom stereocenters. The molecule has 0 aromatic carbocycles. The van der Waals surface area contributed by atoms with Crippen molar-refractivity contribution in [3.05, 3.63) is 0 Å². The summed E-state index contributed by atoms with van der Waals surface area (Å²) in [6.07, 6.45) is 8.75. The minimum atomic E-state index is 0.883. The van der Waals surface area contributed by atoms with Gasteiger partial charge in [0.05, 0.1) is 0 Å². The Balaban J connectivity index is 1.64. The minimum Gasteiger partial charge on any atom is -0.315 e. The van der Waals surface area contributed by atoms with Crippen LogP contribution in [-0.4, -0.2) is 36.1 Å². The standard InChI is InChI=1S/C11H20N2/c1-2-11(8-12-7-1)13(9-3-4-9)10-5-6-10/h9-12H,1-8H2/t11-/m0/s1. The van der Waals surface area contributed by atoms with Gasteiger partial charge in [0.2, 0.25) is 0 Å². The summed E-state index contributed by atoms with van der Waals surface area (Å²) in [5.74, 6) is 0. The minimum absolute atomic E-state index is 0.883. The summed E-state index contributed by atoms with van der Waals surface area (Å²) in [6, 6.07) is 2.85. The molecule has 1 heterocycles. The maximum absolute atomic E-state index is 3.54. The van der Waals surface area contributed by atoms with Crippen LogP contribution in [0.15, 0.2) is 0 Å². The zero-order chi connectivity index (χ0) is 8.67. The Kier molecular flexibility index (Phi) is 2.06. The van der Waals surface area contributed by atoms with E-state index in [4.69, 9.17) is 0 Å². The van der Waals surface area contributed by atoms with E-state index in [2.05, 4.69) is 10.2 Å². The molecule has 13 heavy (non-hydrogen) atoms. The van der Waals surface area contributed by atoms with Gasteiger partial charge in [-0.1, -0.05) is 0 Å². The van der Waals surface area contributed by atoms with E-state index < -0.39 is 0 Å². The van der Waals surface area contributed by atoms with Crippen molar-refractivity contribution in [3.63, 3.8) is 0 Å². The average molecular weight is 180 g/mol. The Morgan fingerprint density at radius 1 is 0.846 bits per heavy atom. The lowest BCUT2D eigenvalue weighted by Crippen LogP contribution is -2.48. The Bertz CT molecular complexity index is 167. The second-order valence-corrected chi connectivity index (χ2v) is 4.91. The van der Waals surface area contributed by atoms with Gasteiger partial charge in [0.25, 0.3) is 0 Å². The normalized spacial score (nSPS) is 35.3. The zero-order valence-electron chi connectivity index (χ0n) is 8.34. The quantitative estimate of drug-likeness (QED) is 0.705. The summed E-state index contributed by atoms with van der Waals surface area (Å²) in [6.45, 7) is 2.51. The largest absolute Gasteiger partial charge is 0.315 e. The molecule has 0 spiro atoms. The lowest BCUT2D eigenvalue weighted by Gasteiger charge is -2.35. The van der Waals surface area contributed by atoms with Crippen molar-refractivity contribution in [1.29, 1.82) is 0 Å². The fourth-order valence-corrected chi connectivity index (χ4v) is 2.73. The molecule has 2 nitrogen and oxygen atoms in total. The predicted octanol–water partition coefficient (Wildman–Crippen LogP) is 1.37. The van der Waals surface area contributed by atoms with E-state index >= 15 is 0 Å². The van der Waals surface area contributed by atoms with Gasteiger partial charge in [-0.3, -0.25) is 4.90 Å². The smallest absolute Gasteiger partial charge is 0.0226 e. The molecular formula is C11H20N2. The van der Waals surface area contributed by atoms with Crippen molar-refractivity contribution in [3.8, 4) is 0 Å². The summed E-state index contributed by atoms with van der Waals surface area (Å²) in [5, 5.41) is 3.54. The molecule has 0 aromatic rings. The summed E-state index contributed by atoms with van der Waals surface area (Å²) in [5.41, 5.74) is 0. The van der Waals surface area contributed by atoms with Gasteiger partial charge in [0, 0.05) is 24.7 Å². The lowest BCUT2D eigenvalue weighted by molar-refractivity contribution is 0.148. The molecule has 0 radical (unpaired) electrons. The third kappa shape index (κ3) is 1.75. The SMILES string of the molecule is C1CNC[C@@H](N(C2CC2)C2CC2)C1. The van der Waals surface area contributed by atoms with Gasteiger partial charge in [-0.05, 0) is 45.1 Å². The first kappa shape index (κ1) is 8.25. The van der Waals surface area contributed by atoms with Gasteiger partial charge in [-0.15, -0.1) is 0 Å². The van der Waals surface area contributed by atoms with Gasteiger partial charge in [-0.2, -0.15) is 0 Å². The van der Waals surface area contributed by atoms with E-state index in [0.717, 1.165) is 18.1 Å². The molecule has 3 aliphatic rings. The molecule has 3 rings (SSSR count). The van der Waals surface area contributed by atoms with Crippen LogP contribution < -0.4 is 5.32 Å². The number of rotatable bonds is 3. The summed E-state index contributed by atoms with van der Waals surface area (Å²) < 4.78 is 0. The monoisotopic (exact) mass is 180 g/mol. The van der Waals surface area contributed by atoms with Crippen molar-refractivity contribution in [2.75, 3.05) is 13.1 Å². The Morgan fingerprint density at radius 2 is 1.54 bits per heavy atom. The van der Waals surface area contributed by atoms with Crippen LogP contribution in [-0.2, 0) is 0 Å². The van der Waals surface area contributed by atoms with Crippen molar-refractivity contribution in [2.45, 2.75) is 56.7 Å². The number of hydrogen-bond acceptors (Lipinski definition) is 2. The molecule has 0 bridgehead atoms. The molecular weight excluding hydrogens is 160 g/mol. The van der Waals surface area contributed by atoms with E-state index in [1.54, 1.807) is 0 Å². The lowest BCUT2D eigenvalue weighted by atomic mass is 10.1. The average Bonchev–Trinajstić information content (AvgIpc) is 3.00. The van der Waals surface area contributed by atoms with E-state index in [1.807, 2.05) is 0 Å². The number of nitrogens with one attached hydrogen (secondary N) is 1. The van der Waals surface area contributed by atoms with Gasteiger partial charge in [0.15, 0.2) is 0 Å². The van der Waals surface area contributed by atoms with E-state index in [0.29, 0.717) is 0 Å². The first-order valence-electron chi connectivity index (χ1n) is 5.93. The molecule has 0 amide bonds. The second kappa shape index (κ2) is 3.25. The first-order valence-corrected chi connectivity index (χ1v) is 5.93. The molecule has 2 saturated carbocycles. The highest BCUT2D eigenvalue weighted by Crippen LogP contribution is 2.39. The van der Waals surface area contributed by atoms with Crippen molar-refractivity contribution in [2.24, 2.45) is 0 Å². The van der Waals surface area contributed by atoms with Crippen LogP contribution in [0.3, 0.4) is 0 Å². The van der Waals surface area contributed by atoms with Gasteiger partial charge in [0.1, 0.15) is 0 Å². The van der Waals surface area contributed by atoms with Gasteiger partial charge >= 0.3 is 0 Å². The van der Waals surface area contributed by atoms with Gasteiger partial charge < -0.3 is 5.32 Å². The summed E-state index contributed by atoms with van der Waals surface area (Å²) >= 11 is 0. The van der Waals surface area contributed by atoms with Crippen LogP contribution in [0.5, 0.6) is 0 Å². The van der Waals surface area contributed by atoms with Crippen LogP contribution in [0.1, 0.15) is 38.5 Å². The summed E-state index contributed by atoms with van der Waals surface area (Å²) in [4.78, 5) is 2.85. The number of nitrogens with zero attached hydrogens (tertiary/aromatic N) is 1. The summed E-state index contributed by atoms with van der Waals surface area (Å²) in [7, 11) is 0.